The van der Waals surface area contributed by atoms with Gasteiger partial charge in [0.15, 0.2) is 17.4 Å². The number of nitrogens with zero attached hydrogens (tertiary/aromatic N) is 4. The van der Waals surface area contributed by atoms with Crippen LogP contribution in [-0.2, 0) is 4.74 Å². The molecular formula is C17H18ClN7O6. The molecule has 2 aromatic heterocycles. The molecule has 0 spiro atoms. The average Bonchev–Trinajstić information content (AvgIpc) is 3.22. The van der Waals surface area contributed by atoms with Gasteiger partial charge in [0.1, 0.15) is 24.1 Å². The number of hydrogen-bond acceptors (Lipinski definition) is 11. The highest BCUT2D eigenvalue weighted by Gasteiger charge is 2.45. The topological polar surface area (TPSA) is 204 Å². The summed E-state index contributed by atoms with van der Waals surface area (Å²) in [5, 5.41) is 44.2. The van der Waals surface area contributed by atoms with E-state index in [0.717, 1.165) is 0 Å². The summed E-state index contributed by atoms with van der Waals surface area (Å²) in [6.45, 7) is -0.549. The molecule has 0 bridgehead atoms. The van der Waals surface area contributed by atoms with Crippen LogP contribution in [0, 0.1) is 0 Å². The number of halogens is 1. The van der Waals surface area contributed by atoms with Crippen molar-refractivity contribution in [3.63, 3.8) is 0 Å². The maximum atomic E-state index is 12.3. The molecule has 14 heteroatoms. The highest BCUT2D eigenvalue weighted by molar-refractivity contribution is 6.30. The van der Waals surface area contributed by atoms with Gasteiger partial charge in [0.25, 0.3) is 5.56 Å². The molecule has 164 valence electrons. The number of ether oxygens (including phenoxy) is 1. The molecule has 3 aromatic rings. The Labute approximate surface area is 178 Å². The Kier molecular flexibility index (Phi) is 5.51. The lowest BCUT2D eigenvalue weighted by Crippen LogP contribution is -2.33. The number of rotatable bonds is 5. The van der Waals surface area contributed by atoms with Gasteiger partial charge in [-0.2, -0.15) is 10.1 Å². The molecule has 4 atom stereocenters. The lowest BCUT2D eigenvalue weighted by atomic mass is 10.1. The van der Waals surface area contributed by atoms with E-state index in [0.29, 0.717) is 10.6 Å². The fourth-order valence-corrected chi connectivity index (χ4v) is 3.38. The first kappa shape index (κ1) is 21.0. The SMILES string of the molecule is Nc1nc2c(nc(N/N=C\c3cc(Cl)ccc3O)n2[C@@H]2O[C@H](CO)[C@H](O)[C@H]2O)c(=O)[nH]1. The summed E-state index contributed by atoms with van der Waals surface area (Å²) in [5.41, 5.74) is 7.71. The molecule has 1 aliphatic rings. The summed E-state index contributed by atoms with van der Waals surface area (Å²) in [4.78, 5) is 22.7. The Morgan fingerprint density at radius 3 is 2.84 bits per heavy atom. The average molecular weight is 452 g/mol. The maximum absolute atomic E-state index is 12.3. The standard InChI is InChI=1S/C17H18ClN7O6/c18-7-1-2-8(27)6(3-7)4-20-24-17-21-10-13(22-16(19)23-14(10)30)25(17)15-12(29)11(28)9(5-26)31-15/h1-4,9,11-12,15,26-29H,5H2,(H,21,24)(H3,19,22,23,30)/b20-4-/t9-,11+,12-,15-/m1/s1. The van der Waals surface area contributed by atoms with E-state index in [-0.39, 0.29) is 28.8 Å². The predicted octanol–water partition coefficient (Wildman–Crippen LogP) is -0.882. The van der Waals surface area contributed by atoms with Gasteiger partial charge in [-0.15, -0.1) is 0 Å². The summed E-state index contributed by atoms with van der Waals surface area (Å²) in [6.07, 6.45) is -3.95. The molecule has 31 heavy (non-hydrogen) atoms. The third-order valence-electron chi connectivity index (χ3n) is 4.70. The van der Waals surface area contributed by atoms with Crippen molar-refractivity contribution in [3.8, 4) is 5.75 Å². The Bertz CT molecular complexity index is 1210. The number of fused-ring (bicyclic) bond motifs is 1. The number of nitrogens with two attached hydrogens (primary N) is 1. The number of aromatic hydroxyl groups is 1. The second-order valence-electron chi connectivity index (χ2n) is 6.73. The Hall–Kier alpha value is -3.23. The number of hydrazone groups is 1. The minimum atomic E-state index is -1.47. The molecule has 13 nitrogen and oxygen atoms in total. The zero-order chi connectivity index (χ0) is 22.3. The first-order valence-electron chi connectivity index (χ1n) is 8.98. The molecule has 4 rings (SSSR count). The number of phenolic OH excluding ortho intramolecular Hbond substituents is 1. The van der Waals surface area contributed by atoms with Gasteiger partial charge in [-0.25, -0.2) is 10.4 Å². The van der Waals surface area contributed by atoms with Gasteiger partial charge in [-0.05, 0) is 18.2 Å². The van der Waals surface area contributed by atoms with Crippen LogP contribution in [0.1, 0.15) is 11.8 Å². The van der Waals surface area contributed by atoms with E-state index in [1.54, 1.807) is 0 Å². The number of phenols is 1. The van der Waals surface area contributed by atoms with E-state index in [2.05, 4.69) is 25.5 Å². The first-order chi connectivity index (χ1) is 14.8. The van der Waals surface area contributed by atoms with E-state index in [4.69, 9.17) is 22.1 Å². The molecule has 0 radical (unpaired) electrons. The minimum Gasteiger partial charge on any atom is -0.507 e. The zero-order valence-corrected chi connectivity index (χ0v) is 16.4. The monoisotopic (exact) mass is 451 g/mol. The number of hydrogen-bond donors (Lipinski definition) is 7. The number of anilines is 2. The molecule has 3 heterocycles. The number of aromatic nitrogens is 4. The number of benzene rings is 1. The highest BCUT2D eigenvalue weighted by atomic mass is 35.5. The molecular weight excluding hydrogens is 434 g/mol. The number of aliphatic hydroxyl groups is 3. The summed E-state index contributed by atoms with van der Waals surface area (Å²) in [5.74, 6) is -0.353. The normalized spacial score (nSPS) is 23.7. The van der Waals surface area contributed by atoms with Crippen molar-refractivity contribution in [3.05, 3.63) is 39.1 Å². The van der Waals surface area contributed by atoms with E-state index >= 15 is 0 Å². The maximum Gasteiger partial charge on any atom is 0.280 e. The Balaban J connectivity index is 1.77. The molecule has 1 saturated heterocycles. The second kappa shape index (κ2) is 8.13. The van der Waals surface area contributed by atoms with Crippen LogP contribution >= 0.6 is 11.6 Å². The van der Waals surface area contributed by atoms with Crippen molar-refractivity contribution in [2.75, 3.05) is 17.8 Å². The van der Waals surface area contributed by atoms with E-state index < -0.39 is 36.7 Å². The van der Waals surface area contributed by atoms with Crippen molar-refractivity contribution in [2.24, 2.45) is 5.10 Å². The lowest BCUT2D eigenvalue weighted by molar-refractivity contribution is -0.0501. The van der Waals surface area contributed by atoms with Crippen molar-refractivity contribution in [1.29, 1.82) is 0 Å². The lowest BCUT2D eigenvalue weighted by Gasteiger charge is -2.18. The van der Waals surface area contributed by atoms with Crippen LogP contribution in [0.15, 0.2) is 28.1 Å². The van der Waals surface area contributed by atoms with Crippen molar-refractivity contribution in [2.45, 2.75) is 24.5 Å². The van der Waals surface area contributed by atoms with Crippen LogP contribution in [0.4, 0.5) is 11.9 Å². The molecule has 0 aliphatic carbocycles. The molecule has 1 fully saturated rings. The van der Waals surface area contributed by atoms with Crippen LogP contribution < -0.4 is 16.7 Å². The Morgan fingerprint density at radius 2 is 2.13 bits per heavy atom. The van der Waals surface area contributed by atoms with Gasteiger partial charge in [0.2, 0.25) is 11.9 Å². The van der Waals surface area contributed by atoms with E-state index in [1.807, 2.05) is 0 Å². The number of aliphatic hydroxyl groups excluding tert-OH is 3. The first-order valence-corrected chi connectivity index (χ1v) is 9.35. The van der Waals surface area contributed by atoms with Gasteiger partial charge in [0, 0.05) is 10.6 Å². The molecule has 8 N–H and O–H groups in total. The summed E-state index contributed by atoms with van der Waals surface area (Å²) in [6, 6.07) is 4.37. The third-order valence-corrected chi connectivity index (χ3v) is 4.93. The van der Waals surface area contributed by atoms with Crippen LogP contribution in [0.3, 0.4) is 0 Å². The molecule has 0 amide bonds. The molecule has 1 aromatic carbocycles. The van der Waals surface area contributed by atoms with E-state index in [1.165, 1.54) is 29.0 Å². The third kappa shape index (κ3) is 3.80. The van der Waals surface area contributed by atoms with Gasteiger partial charge in [-0.1, -0.05) is 11.6 Å². The Morgan fingerprint density at radius 1 is 1.35 bits per heavy atom. The molecule has 1 aliphatic heterocycles. The number of aromatic amines is 1. The quantitative estimate of drug-likeness (QED) is 0.188. The van der Waals surface area contributed by atoms with Crippen LogP contribution in [-0.4, -0.2) is 71.1 Å². The van der Waals surface area contributed by atoms with Crippen LogP contribution in [0.2, 0.25) is 5.02 Å². The van der Waals surface area contributed by atoms with Crippen LogP contribution in [0.25, 0.3) is 11.2 Å². The smallest absolute Gasteiger partial charge is 0.280 e. The van der Waals surface area contributed by atoms with Crippen molar-refractivity contribution >= 4 is 40.9 Å². The van der Waals surface area contributed by atoms with Crippen LogP contribution in [0.5, 0.6) is 5.75 Å². The number of nitrogens with one attached hydrogen (secondary N) is 2. The second-order valence-corrected chi connectivity index (χ2v) is 7.17. The largest absolute Gasteiger partial charge is 0.507 e. The summed E-state index contributed by atoms with van der Waals surface area (Å²) in [7, 11) is 0. The number of imidazole rings is 1. The molecule has 0 saturated carbocycles. The van der Waals surface area contributed by atoms with Crippen molar-refractivity contribution < 1.29 is 25.2 Å². The zero-order valence-electron chi connectivity index (χ0n) is 15.7. The summed E-state index contributed by atoms with van der Waals surface area (Å²) >= 11 is 5.91. The van der Waals surface area contributed by atoms with Gasteiger partial charge in [-0.3, -0.25) is 14.3 Å². The fraction of sp³-hybridized carbons (Fsp3) is 0.294. The number of H-pyrrole nitrogens is 1. The fourth-order valence-electron chi connectivity index (χ4n) is 3.20. The highest BCUT2D eigenvalue weighted by Crippen LogP contribution is 2.34. The van der Waals surface area contributed by atoms with E-state index in [9.17, 15) is 25.2 Å². The van der Waals surface area contributed by atoms with Crippen molar-refractivity contribution in [1.82, 2.24) is 19.5 Å². The van der Waals surface area contributed by atoms with Gasteiger partial charge < -0.3 is 30.9 Å². The molecule has 0 unspecified atom stereocenters. The van der Waals surface area contributed by atoms with Gasteiger partial charge in [0.05, 0.1) is 12.8 Å². The minimum absolute atomic E-state index is 0.0422. The van der Waals surface area contributed by atoms with Gasteiger partial charge >= 0.3 is 0 Å². The summed E-state index contributed by atoms with van der Waals surface area (Å²) < 4.78 is 6.73. The predicted molar refractivity (Wildman–Crippen MR) is 110 cm³/mol. The number of nitrogen functional groups attached to an aromatic ring is 1.